The fourth-order valence-electron chi connectivity index (χ4n) is 3.64. The minimum Gasteiger partial charge on any atom is -0.496 e. The van der Waals surface area contributed by atoms with E-state index in [2.05, 4.69) is 17.0 Å². The first-order valence-corrected chi connectivity index (χ1v) is 11.1. The highest BCUT2D eigenvalue weighted by atomic mass is 32.2. The largest absolute Gasteiger partial charge is 0.496 e. The van der Waals surface area contributed by atoms with Gasteiger partial charge in [-0.15, -0.1) is 0 Å². The van der Waals surface area contributed by atoms with Crippen molar-refractivity contribution in [1.29, 1.82) is 0 Å². The van der Waals surface area contributed by atoms with Crippen molar-refractivity contribution in [2.45, 2.75) is 6.54 Å². The maximum absolute atomic E-state index is 12.7. The summed E-state index contributed by atoms with van der Waals surface area (Å²) < 4.78 is 5.55. The molecule has 0 atom stereocenters. The van der Waals surface area contributed by atoms with Gasteiger partial charge in [-0.1, -0.05) is 48.5 Å². The number of hydrogen-bond donors (Lipinski definition) is 0. The molecule has 0 bridgehead atoms. The third kappa shape index (κ3) is 4.89. The van der Waals surface area contributed by atoms with Crippen LogP contribution in [0, 0.1) is 0 Å². The second kappa shape index (κ2) is 9.29. The highest BCUT2D eigenvalue weighted by Gasteiger charge is 2.13. The van der Waals surface area contributed by atoms with Crippen molar-refractivity contribution >= 4 is 34.4 Å². The molecule has 3 aromatic rings. The summed E-state index contributed by atoms with van der Waals surface area (Å²) in [6, 6.07) is 20.1. The molecule has 0 aromatic heterocycles. The van der Waals surface area contributed by atoms with Gasteiger partial charge in [-0.25, -0.2) is 0 Å². The topological polar surface area (TPSA) is 29.5 Å². The van der Waals surface area contributed by atoms with E-state index in [1.54, 1.807) is 13.2 Å². The van der Waals surface area contributed by atoms with E-state index in [1.165, 1.54) is 17.1 Å². The van der Waals surface area contributed by atoms with Crippen molar-refractivity contribution in [3.8, 4) is 5.75 Å². The van der Waals surface area contributed by atoms with E-state index in [4.69, 9.17) is 4.74 Å². The molecule has 3 aromatic carbocycles. The fraction of sp³-hybridized carbons (Fsp3) is 0.240. The molecule has 0 spiro atoms. The maximum Gasteiger partial charge on any atom is 0.185 e. The molecule has 1 aliphatic rings. The van der Waals surface area contributed by atoms with E-state index in [0.717, 1.165) is 41.7 Å². The number of nitrogens with zero attached hydrogens (tertiary/aromatic N) is 1. The molecule has 1 fully saturated rings. The number of ether oxygens (including phenoxy) is 1. The van der Waals surface area contributed by atoms with Crippen LogP contribution in [0.2, 0.25) is 0 Å². The minimum atomic E-state index is 0.0150. The van der Waals surface area contributed by atoms with Gasteiger partial charge in [0.1, 0.15) is 5.75 Å². The Hall–Kier alpha value is -2.56. The van der Waals surface area contributed by atoms with Crippen LogP contribution in [0.1, 0.15) is 21.5 Å². The predicted octanol–water partition coefficient (Wildman–Crippen LogP) is 5.29. The van der Waals surface area contributed by atoms with Crippen LogP contribution in [0.25, 0.3) is 16.8 Å². The van der Waals surface area contributed by atoms with Gasteiger partial charge in [0.15, 0.2) is 5.78 Å². The first kappa shape index (κ1) is 19.7. The van der Waals surface area contributed by atoms with Gasteiger partial charge in [0.2, 0.25) is 0 Å². The lowest BCUT2D eigenvalue weighted by atomic mass is 10.0. The van der Waals surface area contributed by atoms with Crippen LogP contribution in [-0.4, -0.2) is 42.4 Å². The molecule has 0 unspecified atom stereocenters. The molecule has 0 N–H and O–H groups in total. The summed E-state index contributed by atoms with van der Waals surface area (Å²) in [5.41, 5.74) is 2.89. The second-order valence-corrected chi connectivity index (χ2v) is 8.44. The molecule has 4 heteroatoms. The van der Waals surface area contributed by atoms with Crippen molar-refractivity contribution in [2.75, 3.05) is 31.7 Å². The number of hydrogen-bond acceptors (Lipinski definition) is 4. The van der Waals surface area contributed by atoms with Gasteiger partial charge in [-0.05, 0) is 40.6 Å². The predicted molar refractivity (Wildman–Crippen MR) is 123 cm³/mol. The Labute approximate surface area is 176 Å². The molecule has 29 heavy (non-hydrogen) atoms. The Morgan fingerprint density at radius 3 is 2.62 bits per heavy atom. The Kier molecular flexibility index (Phi) is 6.33. The van der Waals surface area contributed by atoms with E-state index in [0.29, 0.717) is 5.56 Å². The lowest BCUT2D eigenvalue weighted by Gasteiger charge is -2.26. The van der Waals surface area contributed by atoms with E-state index < -0.39 is 0 Å². The van der Waals surface area contributed by atoms with Crippen LogP contribution in [0.4, 0.5) is 0 Å². The van der Waals surface area contributed by atoms with Crippen LogP contribution in [0.3, 0.4) is 0 Å². The number of methoxy groups -OCH3 is 1. The van der Waals surface area contributed by atoms with Crippen molar-refractivity contribution in [1.82, 2.24) is 4.90 Å². The lowest BCUT2D eigenvalue weighted by molar-refractivity contribution is 0.104. The van der Waals surface area contributed by atoms with Gasteiger partial charge < -0.3 is 4.74 Å². The third-order valence-electron chi connectivity index (χ3n) is 5.26. The monoisotopic (exact) mass is 403 g/mol. The molecule has 0 saturated carbocycles. The van der Waals surface area contributed by atoms with E-state index >= 15 is 0 Å². The number of rotatable bonds is 6. The van der Waals surface area contributed by atoms with Gasteiger partial charge in [0.25, 0.3) is 0 Å². The SMILES string of the molecule is COc1ccc(/C=C/C(=O)c2ccc3ccccc3c2)cc1CN1CCSCC1. The van der Waals surface area contributed by atoms with Gasteiger partial charge in [0.05, 0.1) is 7.11 Å². The molecule has 1 saturated heterocycles. The zero-order chi connectivity index (χ0) is 20.1. The van der Waals surface area contributed by atoms with Crippen molar-refractivity contribution in [2.24, 2.45) is 0 Å². The standard InChI is InChI=1S/C25H25NO2S/c1-28-25-11-7-19(16-23(25)18-26-12-14-29-15-13-26)6-10-24(27)22-9-8-20-4-2-3-5-21(20)17-22/h2-11,16-17H,12-15,18H2,1H3/b10-6+. The molecule has 148 valence electrons. The lowest BCUT2D eigenvalue weighted by Crippen LogP contribution is -2.32. The van der Waals surface area contributed by atoms with Crippen LogP contribution in [0.5, 0.6) is 5.75 Å². The fourth-order valence-corrected chi connectivity index (χ4v) is 4.62. The van der Waals surface area contributed by atoms with Gasteiger partial charge >= 0.3 is 0 Å². The minimum absolute atomic E-state index is 0.0150. The zero-order valence-corrected chi connectivity index (χ0v) is 17.5. The number of carbonyl (C=O) groups excluding carboxylic acids is 1. The van der Waals surface area contributed by atoms with Crippen molar-refractivity contribution < 1.29 is 9.53 Å². The molecule has 1 heterocycles. The number of ketones is 1. The Morgan fingerprint density at radius 1 is 1.03 bits per heavy atom. The number of thioether (sulfide) groups is 1. The Balaban J connectivity index is 1.51. The number of benzene rings is 3. The number of carbonyl (C=O) groups is 1. The molecular weight excluding hydrogens is 378 g/mol. The first-order chi connectivity index (χ1) is 14.2. The van der Waals surface area contributed by atoms with Crippen LogP contribution in [-0.2, 0) is 6.54 Å². The van der Waals surface area contributed by atoms with Crippen molar-refractivity contribution in [3.05, 3.63) is 83.4 Å². The molecule has 0 radical (unpaired) electrons. The van der Waals surface area contributed by atoms with Gasteiger partial charge in [-0.2, -0.15) is 11.8 Å². The molecule has 1 aliphatic heterocycles. The van der Waals surface area contributed by atoms with E-state index in [1.807, 2.05) is 66.4 Å². The smallest absolute Gasteiger partial charge is 0.185 e. The molecule has 4 rings (SSSR count). The summed E-state index contributed by atoms with van der Waals surface area (Å²) in [6.45, 7) is 3.09. The third-order valence-corrected chi connectivity index (χ3v) is 6.21. The van der Waals surface area contributed by atoms with E-state index in [9.17, 15) is 4.79 Å². The van der Waals surface area contributed by atoms with Crippen LogP contribution >= 0.6 is 11.8 Å². The molecular formula is C25H25NO2S. The average Bonchev–Trinajstić information content (AvgIpc) is 2.78. The molecule has 0 amide bonds. The zero-order valence-electron chi connectivity index (χ0n) is 16.6. The quantitative estimate of drug-likeness (QED) is 0.413. The van der Waals surface area contributed by atoms with Gasteiger partial charge in [0, 0.05) is 42.3 Å². The summed E-state index contributed by atoms with van der Waals surface area (Å²) >= 11 is 2.01. The van der Waals surface area contributed by atoms with Gasteiger partial charge in [-0.3, -0.25) is 9.69 Å². The second-order valence-electron chi connectivity index (χ2n) is 7.22. The highest BCUT2D eigenvalue weighted by Crippen LogP contribution is 2.24. The Bertz CT molecular complexity index is 1040. The molecule has 3 nitrogen and oxygen atoms in total. The average molecular weight is 404 g/mol. The first-order valence-electron chi connectivity index (χ1n) is 9.91. The summed E-state index contributed by atoms with van der Waals surface area (Å²) in [4.78, 5) is 15.1. The Morgan fingerprint density at radius 2 is 1.83 bits per heavy atom. The summed E-state index contributed by atoms with van der Waals surface area (Å²) in [5.74, 6) is 3.28. The van der Waals surface area contributed by atoms with Crippen molar-refractivity contribution in [3.63, 3.8) is 0 Å². The highest BCUT2D eigenvalue weighted by molar-refractivity contribution is 7.99. The normalized spacial score (nSPS) is 15.1. The maximum atomic E-state index is 12.7. The summed E-state index contributed by atoms with van der Waals surface area (Å²) in [6.07, 6.45) is 3.56. The molecule has 0 aliphatic carbocycles. The van der Waals surface area contributed by atoms with E-state index in [-0.39, 0.29) is 5.78 Å². The summed E-state index contributed by atoms with van der Waals surface area (Å²) in [5, 5.41) is 2.22. The summed E-state index contributed by atoms with van der Waals surface area (Å²) in [7, 11) is 1.71. The van der Waals surface area contributed by atoms with Crippen LogP contribution in [0.15, 0.2) is 66.7 Å². The number of fused-ring (bicyclic) bond motifs is 1. The van der Waals surface area contributed by atoms with Crippen LogP contribution < -0.4 is 4.74 Å². The number of allylic oxidation sites excluding steroid dienone is 1.